The molecule has 0 saturated heterocycles. The van der Waals surface area contributed by atoms with Crippen LogP contribution in [0.1, 0.15) is 96.6 Å². The van der Waals surface area contributed by atoms with Gasteiger partial charge in [-0.2, -0.15) is 0 Å². The average Bonchev–Trinajstić information content (AvgIpc) is 3.47. The molecule has 3 aliphatic carbocycles. The molecular formula is C27H30O4. The third kappa shape index (κ3) is 2.73. The van der Waals surface area contributed by atoms with E-state index in [1.165, 1.54) is 31.2 Å². The molecule has 3 aliphatic rings. The molecule has 0 unspecified atom stereocenters. The van der Waals surface area contributed by atoms with Crippen molar-refractivity contribution in [2.24, 2.45) is 0 Å². The number of fused-ring (bicyclic) bond motifs is 3. The van der Waals surface area contributed by atoms with Crippen LogP contribution in [0.5, 0.6) is 0 Å². The van der Waals surface area contributed by atoms with Crippen molar-refractivity contribution in [3.63, 3.8) is 0 Å². The van der Waals surface area contributed by atoms with Crippen molar-refractivity contribution in [1.29, 1.82) is 0 Å². The third-order valence-corrected chi connectivity index (χ3v) is 8.18. The maximum atomic E-state index is 12.8. The van der Waals surface area contributed by atoms with Gasteiger partial charge in [-0.15, -0.1) is 0 Å². The van der Waals surface area contributed by atoms with Gasteiger partial charge in [0.1, 0.15) is 0 Å². The maximum Gasteiger partial charge on any atom is 0.330 e. The molecule has 0 bridgehead atoms. The summed E-state index contributed by atoms with van der Waals surface area (Å²) in [5, 5.41) is 20.9. The first-order valence-electron chi connectivity index (χ1n) is 11.6. The van der Waals surface area contributed by atoms with E-state index in [4.69, 9.17) is 0 Å². The first kappa shape index (κ1) is 20.3. The van der Waals surface area contributed by atoms with Gasteiger partial charge in [0.05, 0.1) is 0 Å². The van der Waals surface area contributed by atoms with Gasteiger partial charge in [-0.1, -0.05) is 49.9 Å². The Hall–Kier alpha value is -2.62. The summed E-state index contributed by atoms with van der Waals surface area (Å²) in [6, 6.07) is 8.02. The van der Waals surface area contributed by atoms with Gasteiger partial charge in [0.15, 0.2) is 0 Å². The second-order valence-corrected chi connectivity index (χ2v) is 9.78. The van der Waals surface area contributed by atoms with Crippen molar-refractivity contribution >= 4 is 11.9 Å². The molecule has 2 aromatic rings. The Kier molecular flexibility index (Phi) is 4.72. The van der Waals surface area contributed by atoms with E-state index < -0.39 is 17.4 Å². The number of carboxylic acids is 2. The summed E-state index contributed by atoms with van der Waals surface area (Å²) in [5.74, 6) is -1.78. The van der Waals surface area contributed by atoms with Crippen molar-refractivity contribution < 1.29 is 19.8 Å². The van der Waals surface area contributed by atoms with Crippen LogP contribution in [0.3, 0.4) is 0 Å². The zero-order chi connectivity index (χ0) is 21.9. The lowest BCUT2D eigenvalue weighted by atomic mass is 9.73. The fourth-order valence-electron chi connectivity index (χ4n) is 6.83. The van der Waals surface area contributed by atoms with Gasteiger partial charge in [-0.3, -0.25) is 9.59 Å². The predicted molar refractivity (Wildman–Crippen MR) is 120 cm³/mol. The Morgan fingerprint density at radius 1 is 0.839 bits per heavy atom. The van der Waals surface area contributed by atoms with E-state index in [1.807, 2.05) is 19.1 Å². The standard InChI is InChI=1S/C27H30O4/c1-15-13-21-20-12-11-19(17-7-3-4-8-17)14-22(20)27(25(28)29,26(30)31)24(21)16(2)23(15)18-9-5-6-10-18/h11-14,17-18H,3-10H2,1-2H3,(H,28,29)(H,30,31). The normalized spacial score (nSPS) is 20.1. The molecule has 5 rings (SSSR count). The maximum absolute atomic E-state index is 12.8. The first-order chi connectivity index (χ1) is 14.9. The number of carbonyl (C=O) groups is 2. The van der Waals surface area contributed by atoms with Gasteiger partial charge in [-0.05, 0) is 95.9 Å². The molecule has 2 aromatic carbocycles. The van der Waals surface area contributed by atoms with Crippen LogP contribution in [0.25, 0.3) is 11.1 Å². The van der Waals surface area contributed by atoms with E-state index in [0.29, 0.717) is 23.0 Å². The molecule has 4 heteroatoms. The van der Waals surface area contributed by atoms with E-state index in [0.717, 1.165) is 53.5 Å². The van der Waals surface area contributed by atoms with Gasteiger partial charge in [-0.25, -0.2) is 0 Å². The topological polar surface area (TPSA) is 74.6 Å². The minimum absolute atomic E-state index is 0.392. The average molecular weight is 419 g/mol. The fraction of sp³-hybridized carbons (Fsp3) is 0.481. The molecule has 31 heavy (non-hydrogen) atoms. The van der Waals surface area contributed by atoms with Crippen molar-refractivity contribution in [3.05, 3.63) is 57.6 Å². The molecule has 0 amide bonds. The predicted octanol–water partition coefficient (Wildman–Crippen LogP) is 6.05. The number of hydrogen-bond donors (Lipinski definition) is 2. The molecule has 0 spiro atoms. The smallest absolute Gasteiger partial charge is 0.330 e. The van der Waals surface area contributed by atoms with Crippen LogP contribution in [-0.2, 0) is 15.0 Å². The van der Waals surface area contributed by atoms with Crippen LogP contribution in [0, 0.1) is 13.8 Å². The van der Waals surface area contributed by atoms with Crippen LogP contribution in [0.15, 0.2) is 24.3 Å². The zero-order valence-corrected chi connectivity index (χ0v) is 18.3. The highest BCUT2D eigenvalue weighted by molar-refractivity contribution is 6.15. The van der Waals surface area contributed by atoms with E-state index in [-0.39, 0.29) is 0 Å². The van der Waals surface area contributed by atoms with Gasteiger partial charge >= 0.3 is 11.9 Å². The number of aliphatic carboxylic acids is 2. The molecule has 2 saturated carbocycles. The van der Waals surface area contributed by atoms with Crippen LogP contribution >= 0.6 is 0 Å². The summed E-state index contributed by atoms with van der Waals surface area (Å²) >= 11 is 0. The van der Waals surface area contributed by atoms with E-state index >= 15 is 0 Å². The Labute approximate surface area is 183 Å². The molecule has 0 aliphatic heterocycles. The summed E-state index contributed by atoms with van der Waals surface area (Å²) in [4.78, 5) is 25.6. The van der Waals surface area contributed by atoms with Gasteiger partial charge in [0.25, 0.3) is 0 Å². The van der Waals surface area contributed by atoms with Gasteiger partial charge < -0.3 is 10.2 Å². The van der Waals surface area contributed by atoms with Crippen LogP contribution in [-0.4, -0.2) is 22.2 Å². The third-order valence-electron chi connectivity index (χ3n) is 8.18. The number of rotatable bonds is 4. The number of hydrogen-bond acceptors (Lipinski definition) is 2. The summed E-state index contributed by atoms with van der Waals surface area (Å²) in [7, 11) is 0. The van der Waals surface area contributed by atoms with E-state index in [9.17, 15) is 19.8 Å². The second-order valence-electron chi connectivity index (χ2n) is 9.78. The fourth-order valence-corrected chi connectivity index (χ4v) is 6.83. The number of benzene rings is 2. The van der Waals surface area contributed by atoms with Crippen molar-refractivity contribution in [3.8, 4) is 11.1 Å². The summed E-state index contributed by atoms with van der Waals surface area (Å²) in [6.07, 6.45) is 9.05. The summed E-state index contributed by atoms with van der Waals surface area (Å²) < 4.78 is 0. The monoisotopic (exact) mass is 418 g/mol. The van der Waals surface area contributed by atoms with Crippen LogP contribution < -0.4 is 0 Å². The molecule has 162 valence electrons. The zero-order valence-electron chi connectivity index (χ0n) is 18.3. The number of aryl methyl sites for hydroxylation is 1. The lowest BCUT2D eigenvalue weighted by molar-refractivity contribution is -0.155. The molecule has 4 nitrogen and oxygen atoms in total. The van der Waals surface area contributed by atoms with Crippen LogP contribution in [0.2, 0.25) is 0 Å². The SMILES string of the molecule is Cc1cc2c(c(C)c1C1CCCC1)C(C(=O)O)(C(=O)O)c1cc(C3CCCC3)ccc1-2. The molecule has 0 aromatic heterocycles. The molecule has 2 N–H and O–H groups in total. The molecule has 2 fully saturated rings. The summed E-state index contributed by atoms with van der Waals surface area (Å²) in [5.41, 5.74) is 4.72. The Morgan fingerprint density at radius 2 is 1.42 bits per heavy atom. The van der Waals surface area contributed by atoms with E-state index in [2.05, 4.69) is 19.1 Å². The van der Waals surface area contributed by atoms with Crippen molar-refractivity contribution in [2.75, 3.05) is 0 Å². The Balaban J connectivity index is 1.80. The summed E-state index contributed by atoms with van der Waals surface area (Å²) in [6.45, 7) is 4.04. The van der Waals surface area contributed by atoms with Gasteiger partial charge in [0, 0.05) is 0 Å². The lowest BCUT2D eigenvalue weighted by Crippen LogP contribution is -2.44. The van der Waals surface area contributed by atoms with Crippen molar-refractivity contribution in [2.45, 2.75) is 82.5 Å². The first-order valence-corrected chi connectivity index (χ1v) is 11.6. The highest BCUT2D eigenvalue weighted by Gasteiger charge is 2.57. The van der Waals surface area contributed by atoms with Crippen molar-refractivity contribution in [1.82, 2.24) is 0 Å². The second kappa shape index (κ2) is 7.22. The molecule has 0 radical (unpaired) electrons. The van der Waals surface area contributed by atoms with Crippen LogP contribution in [0.4, 0.5) is 0 Å². The molecule has 0 atom stereocenters. The highest BCUT2D eigenvalue weighted by Crippen LogP contribution is 2.54. The Morgan fingerprint density at radius 3 is 2.00 bits per heavy atom. The van der Waals surface area contributed by atoms with Gasteiger partial charge in [0.2, 0.25) is 5.41 Å². The minimum atomic E-state index is -2.04. The molecular weight excluding hydrogens is 388 g/mol. The quantitative estimate of drug-likeness (QED) is 0.592. The lowest BCUT2D eigenvalue weighted by Gasteiger charge is -2.27. The highest BCUT2D eigenvalue weighted by atomic mass is 16.4. The number of carboxylic acid groups (broad SMARTS) is 2. The molecule has 0 heterocycles. The minimum Gasteiger partial charge on any atom is -0.480 e. The van der Waals surface area contributed by atoms with E-state index in [1.54, 1.807) is 0 Å². The Bertz CT molecular complexity index is 1070. The largest absolute Gasteiger partial charge is 0.480 e.